The van der Waals surface area contributed by atoms with Gasteiger partial charge in [-0.25, -0.2) is 0 Å². The Morgan fingerprint density at radius 2 is 1.33 bits per heavy atom. The van der Waals surface area contributed by atoms with Gasteiger partial charge in [0.1, 0.15) is 0 Å². The van der Waals surface area contributed by atoms with E-state index in [-0.39, 0.29) is 41.4 Å². The molecule has 0 spiro atoms. The van der Waals surface area contributed by atoms with Crippen LogP contribution in [0.1, 0.15) is 20.7 Å². The van der Waals surface area contributed by atoms with Crippen molar-refractivity contribution in [1.82, 2.24) is 5.32 Å². The number of benzene rings is 1. The van der Waals surface area contributed by atoms with Crippen LogP contribution in [-0.2, 0) is 0 Å². The molecule has 1 N–H and O–H groups in total. The van der Waals surface area contributed by atoms with E-state index in [1.54, 1.807) is 24.3 Å². The average molecular weight is 170 g/mol. The van der Waals surface area contributed by atoms with Gasteiger partial charge in [-0.3, -0.25) is 14.9 Å². The maximum atomic E-state index is 10.9. The number of rotatable bonds is 0. The Morgan fingerprint density at radius 1 is 0.917 bits per heavy atom. The van der Waals surface area contributed by atoms with Gasteiger partial charge in [0.25, 0.3) is 11.8 Å². The molecule has 0 unspecified atom stereocenters. The summed E-state index contributed by atoms with van der Waals surface area (Å²) in [4.78, 5) is 21.9. The predicted molar refractivity (Wildman–Crippen MR) is 38.2 cm³/mol. The average Bonchev–Trinajstić information content (AvgIpc) is 2.30. The van der Waals surface area contributed by atoms with Crippen molar-refractivity contribution in [3.8, 4) is 0 Å². The summed E-state index contributed by atoms with van der Waals surface area (Å²) in [5.41, 5.74) is 0.940. The number of imide groups is 1. The van der Waals surface area contributed by atoms with Crippen LogP contribution in [0.5, 0.6) is 0 Å². The number of hydrogen-bond donors (Lipinski definition) is 1. The maximum absolute atomic E-state index is 10.9. The first-order chi connectivity index (χ1) is 5.29. The standard InChI is InChI=1S/C8H5NO2.Na/c10-7-5-3-1-2-4-6(5)8(11)9-7;/h1-4H,(H,9,10,11);/q;+1. The molecule has 0 atom stereocenters. The smallest absolute Gasteiger partial charge is 0.288 e. The van der Waals surface area contributed by atoms with Crippen LogP contribution in [0.15, 0.2) is 24.3 Å². The number of hydrogen-bond acceptors (Lipinski definition) is 2. The summed E-state index contributed by atoms with van der Waals surface area (Å²) in [5.74, 6) is -0.601. The molecule has 54 valence electrons. The fraction of sp³-hybridized carbons (Fsp3) is 0. The molecule has 12 heavy (non-hydrogen) atoms. The summed E-state index contributed by atoms with van der Waals surface area (Å²) >= 11 is 0. The zero-order chi connectivity index (χ0) is 7.84. The molecule has 1 aromatic rings. The van der Waals surface area contributed by atoms with Gasteiger partial charge in [-0.2, -0.15) is 0 Å². The van der Waals surface area contributed by atoms with Gasteiger partial charge in [0.05, 0.1) is 11.1 Å². The zero-order valence-electron chi connectivity index (χ0n) is 6.63. The topological polar surface area (TPSA) is 46.2 Å². The third-order valence-corrected chi connectivity index (χ3v) is 1.64. The van der Waals surface area contributed by atoms with E-state index in [4.69, 9.17) is 0 Å². The van der Waals surface area contributed by atoms with Crippen molar-refractivity contribution in [2.24, 2.45) is 0 Å². The molecule has 0 saturated carbocycles. The van der Waals surface area contributed by atoms with Crippen LogP contribution in [-0.4, -0.2) is 11.8 Å². The van der Waals surface area contributed by atoms with Crippen molar-refractivity contribution < 1.29 is 39.1 Å². The Kier molecular flexibility index (Phi) is 2.67. The minimum Gasteiger partial charge on any atom is -0.288 e. The third kappa shape index (κ3) is 1.31. The molecule has 1 heterocycles. The molecule has 0 aromatic heterocycles. The third-order valence-electron chi connectivity index (χ3n) is 1.64. The van der Waals surface area contributed by atoms with Gasteiger partial charge in [-0.15, -0.1) is 0 Å². The van der Waals surface area contributed by atoms with E-state index >= 15 is 0 Å². The van der Waals surface area contributed by atoms with Crippen LogP contribution in [0.25, 0.3) is 0 Å². The van der Waals surface area contributed by atoms with E-state index in [2.05, 4.69) is 5.32 Å². The molecule has 0 radical (unpaired) electrons. The number of amides is 2. The first-order valence-corrected chi connectivity index (χ1v) is 3.24. The Morgan fingerprint density at radius 3 is 1.75 bits per heavy atom. The molecule has 1 aromatic carbocycles. The maximum Gasteiger partial charge on any atom is 1.00 e. The molecular formula is C8H5NNaO2+. The molecule has 0 saturated heterocycles. The summed E-state index contributed by atoms with van der Waals surface area (Å²) < 4.78 is 0. The molecule has 4 heteroatoms. The zero-order valence-corrected chi connectivity index (χ0v) is 8.63. The normalized spacial score (nSPS) is 13.3. The molecular weight excluding hydrogens is 165 g/mol. The molecule has 2 rings (SSSR count). The Labute approximate surface area is 91.4 Å². The van der Waals surface area contributed by atoms with Crippen LogP contribution in [0.4, 0.5) is 0 Å². The number of carbonyl (C=O) groups excluding carboxylic acids is 2. The van der Waals surface area contributed by atoms with E-state index in [0.29, 0.717) is 11.1 Å². The second kappa shape index (κ2) is 3.39. The van der Waals surface area contributed by atoms with Crippen molar-refractivity contribution >= 4 is 11.8 Å². The van der Waals surface area contributed by atoms with Crippen molar-refractivity contribution in [1.29, 1.82) is 0 Å². The van der Waals surface area contributed by atoms with Crippen molar-refractivity contribution in [2.45, 2.75) is 0 Å². The van der Waals surface area contributed by atoms with Crippen LogP contribution >= 0.6 is 0 Å². The minimum atomic E-state index is -0.300. The molecule has 0 aliphatic carbocycles. The second-order valence-corrected chi connectivity index (χ2v) is 2.33. The van der Waals surface area contributed by atoms with Gasteiger partial charge in [-0.05, 0) is 12.1 Å². The van der Waals surface area contributed by atoms with Crippen molar-refractivity contribution in [2.75, 3.05) is 0 Å². The summed E-state index contributed by atoms with van der Waals surface area (Å²) in [6.45, 7) is 0. The monoisotopic (exact) mass is 170 g/mol. The Balaban J connectivity index is 0.000000720. The molecule has 1 aliphatic heterocycles. The van der Waals surface area contributed by atoms with Crippen molar-refractivity contribution in [3.63, 3.8) is 0 Å². The van der Waals surface area contributed by atoms with E-state index in [1.165, 1.54) is 0 Å². The first kappa shape index (κ1) is 9.45. The van der Waals surface area contributed by atoms with Crippen LogP contribution in [0.3, 0.4) is 0 Å². The fourth-order valence-corrected chi connectivity index (χ4v) is 1.12. The minimum absolute atomic E-state index is 0. The largest absolute Gasteiger partial charge is 1.00 e. The molecule has 1 aliphatic rings. The van der Waals surface area contributed by atoms with Crippen LogP contribution < -0.4 is 34.9 Å². The number of fused-ring (bicyclic) bond motifs is 1. The summed E-state index contributed by atoms with van der Waals surface area (Å²) in [6, 6.07) is 6.74. The summed E-state index contributed by atoms with van der Waals surface area (Å²) in [5, 5.41) is 2.20. The Bertz CT molecular complexity index is 316. The van der Waals surface area contributed by atoms with E-state index in [0.717, 1.165) is 0 Å². The quantitative estimate of drug-likeness (QED) is 0.348. The summed E-state index contributed by atoms with van der Waals surface area (Å²) in [6.07, 6.45) is 0. The second-order valence-electron chi connectivity index (χ2n) is 2.33. The molecule has 0 fully saturated rings. The Hall–Kier alpha value is -0.640. The van der Waals surface area contributed by atoms with Crippen LogP contribution in [0.2, 0.25) is 0 Å². The fourth-order valence-electron chi connectivity index (χ4n) is 1.12. The van der Waals surface area contributed by atoms with Gasteiger partial charge in [-0.1, -0.05) is 12.1 Å². The van der Waals surface area contributed by atoms with E-state index in [1.807, 2.05) is 0 Å². The van der Waals surface area contributed by atoms with Gasteiger partial charge >= 0.3 is 29.6 Å². The van der Waals surface area contributed by atoms with Crippen LogP contribution in [0, 0.1) is 0 Å². The molecule has 3 nitrogen and oxygen atoms in total. The van der Waals surface area contributed by atoms with E-state index < -0.39 is 0 Å². The first-order valence-electron chi connectivity index (χ1n) is 3.24. The van der Waals surface area contributed by atoms with Gasteiger partial charge in [0.2, 0.25) is 0 Å². The van der Waals surface area contributed by atoms with Gasteiger partial charge in [0.15, 0.2) is 0 Å². The van der Waals surface area contributed by atoms with Gasteiger partial charge in [0, 0.05) is 0 Å². The van der Waals surface area contributed by atoms with E-state index in [9.17, 15) is 9.59 Å². The SMILES string of the molecule is O=C1NC(=O)c2ccccc21.[Na+]. The molecule has 0 bridgehead atoms. The summed E-state index contributed by atoms with van der Waals surface area (Å²) in [7, 11) is 0. The van der Waals surface area contributed by atoms with Crippen molar-refractivity contribution in [3.05, 3.63) is 35.4 Å². The number of carbonyl (C=O) groups is 2. The predicted octanol–water partition coefficient (Wildman–Crippen LogP) is -2.43. The van der Waals surface area contributed by atoms with Gasteiger partial charge < -0.3 is 0 Å². The molecule has 2 amide bonds. The number of nitrogens with one attached hydrogen (secondary N) is 1.